The predicted octanol–water partition coefficient (Wildman–Crippen LogP) is 2.10. The molecule has 0 saturated carbocycles. The number of para-hydroxylation sites is 1. The molecule has 0 aliphatic carbocycles. The van der Waals surface area contributed by atoms with Crippen LogP contribution in [0, 0.1) is 0 Å². The van der Waals surface area contributed by atoms with Crippen molar-refractivity contribution in [1.82, 2.24) is 14.8 Å². The number of aryl methyl sites for hydroxylation is 1. The second-order valence-electron chi connectivity index (χ2n) is 6.32. The monoisotopic (exact) mass is 371 g/mol. The molecule has 1 aliphatic heterocycles. The van der Waals surface area contributed by atoms with E-state index in [4.69, 9.17) is 4.74 Å². The van der Waals surface area contributed by atoms with E-state index in [1.807, 2.05) is 18.2 Å². The Hall–Kier alpha value is -2.45. The Bertz CT molecular complexity index is 921. The van der Waals surface area contributed by atoms with Gasteiger partial charge in [-0.15, -0.1) is 0 Å². The van der Waals surface area contributed by atoms with Crippen molar-refractivity contribution in [3.8, 4) is 0 Å². The van der Waals surface area contributed by atoms with E-state index in [0.29, 0.717) is 6.61 Å². The normalized spacial score (nSPS) is 17.6. The number of nitrogens with zero attached hydrogens (tertiary/aromatic N) is 4. The summed E-state index contributed by atoms with van der Waals surface area (Å²) in [5, 5.41) is 8.44. The van der Waals surface area contributed by atoms with Crippen LogP contribution < -0.4 is 15.8 Å². The maximum atomic E-state index is 11.8. The molecule has 1 aliphatic rings. The van der Waals surface area contributed by atoms with Crippen LogP contribution >= 0.6 is 11.3 Å². The fourth-order valence-corrected chi connectivity index (χ4v) is 3.94. The fourth-order valence-electron chi connectivity index (χ4n) is 3.05. The van der Waals surface area contributed by atoms with Crippen LogP contribution in [0.3, 0.4) is 0 Å². The van der Waals surface area contributed by atoms with Crippen molar-refractivity contribution in [2.24, 2.45) is 7.05 Å². The van der Waals surface area contributed by atoms with E-state index < -0.39 is 0 Å². The van der Waals surface area contributed by atoms with Gasteiger partial charge in [-0.1, -0.05) is 23.5 Å². The first-order valence-electron chi connectivity index (χ1n) is 8.68. The number of nitrogens with one attached hydrogen (secondary N) is 1. The van der Waals surface area contributed by atoms with E-state index in [1.54, 1.807) is 30.6 Å². The molecular formula is C18H21N5O2S. The number of hydrogen-bond donors (Lipinski definition) is 1. The molecular weight excluding hydrogens is 350 g/mol. The van der Waals surface area contributed by atoms with Gasteiger partial charge in [0.05, 0.1) is 34.8 Å². The Kier molecular flexibility index (Phi) is 4.85. The number of hydrogen-bond acceptors (Lipinski definition) is 7. The van der Waals surface area contributed by atoms with Gasteiger partial charge in [-0.25, -0.2) is 9.67 Å². The maximum Gasteiger partial charge on any atom is 0.268 e. The minimum atomic E-state index is -0.0944. The predicted molar refractivity (Wildman–Crippen MR) is 104 cm³/mol. The summed E-state index contributed by atoms with van der Waals surface area (Å²) in [6.45, 7) is 2.99. The summed E-state index contributed by atoms with van der Waals surface area (Å²) in [6.07, 6.45) is 2.74. The summed E-state index contributed by atoms with van der Waals surface area (Å²) >= 11 is 1.67. The lowest BCUT2D eigenvalue weighted by atomic mass is 10.2. The number of anilines is 2. The molecule has 136 valence electrons. The standard InChI is InChI=1S/C18H21N5O2S/c1-22-17(24)10-13(11-20-22)23-8-9-25-14(12-23)6-7-19-18-21-15-4-2-3-5-16(15)26-18/h2-5,10-11,14H,6-9,12H2,1H3,(H,19,21). The highest BCUT2D eigenvalue weighted by atomic mass is 32.1. The SMILES string of the molecule is Cn1ncc(N2CCOC(CCNc3nc4ccccc4s3)C2)cc1=O. The molecule has 4 rings (SSSR count). The summed E-state index contributed by atoms with van der Waals surface area (Å²) in [4.78, 5) is 18.5. The summed E-state index contributed by atoms with van der Waals surface area (Å²) in [7, 11) is 1.65. The molecule has 0 bridgehead atoms. The zero-order valence-electron chi connectivity index (χ0n) is 14.6. The highest BCUT2D eigenvalue weighted by molar-refractivity contribution is 7.22. The molecule has 3 aromatic rings. The molecule has 3 heterocycles. The first-order valence-corrected chi connectivity index (χ1v) is 9.50. The van der Waals surface area contributed by atoms with Crippen LogP contribution in [0.25, 0.3) is 10.2 Å². The summed E-state index contributed by atoms with van der Waals surface area (Å²) in [5.41, 5.74) is 1.79. The van der Waals surface area contributed by atoms with E-state index >= 15 is 0 Å². The van der Waals surface area contributed by atoms with Crippen LogP contribution in [0.2, 0.25) is 0 Å². The van der Waals surface area contributed by atoms with Crippen LogP contribution in [-0.4, -0.2) is 47.1 Å². The van der Waals surface area contributed by atoms with Gasteiger partial charge < -0.3 is 15.0 Å². The third-order valence-corrected chi connectivity index (χ3v) is 5.49. The van der Waals surface area contributed by atoms with Crippen molar-refractivity contribution in [2.75, 3.05) is 36.5 Å². The minimum absolute atomic E-state index is 0.0944. The van der Waals surface area contributed by atoms with Crippen molar-refractivity contribution in [3.05, 3.63) is 46.9 Å². The molecule has 1 unspecified atom stereocenters. The van der Waals surface area contributed by atoms with Gasteiger partial charge in [0.15, 0.2) is 5.13 Å². The number of ether oxygens (including phenoxy) is 1. The first kappa shape index (κ1) is 17.0. The first-order chi connectivity index (χ1) is 12.7. The number of thiazole rings is 1. The molecule has 0 amide bonds. The van der Waals surface area contributed by atoms with Gasteiger partial charge in [-0.3, -0.25) is 4.79 Å². The molecule has 0 spiro atoms. The van der Waals surface area contributed by atoms with E-state index in [0.717, 1.165) is 42.4 Å². The molecule has 1 atom stereocenters. The molecule has 0 radical (unpaired) electrons. The van der Waals surface area contributed by atoms with Gasteiger partial charge in [0.25, 0.3) is 5.56 Å². The van der Waals surface area contributed by atoms with Gasteiger partial charge in [0.1, 0.15) is 0 Å². The topological polar surface area (TPSA) is 72.3 Å². The summed E-state index contributed by atoms with van der Waals surface area (Å²) < 4.78 is 8.40. The van der Waals surface area contributed by atoms with E-state index in [1.165, 1.54) is 9.38 Å². The van der Waals surface area contributed by atoms with Crippen molar-refractivity contribution >= 4 is 32.4 Å². The second kappa shape index (κ2) is 7.43. The second-order valence-corrected chi connectivity index (χ2v) is 7.35. The molecule has 1 saturated heterocycles. The maximum absolute atomic E-state index is 11.8. The number of rotatable bonds is 5. The Morgan fingerprint density at radius 3 is 3.12 bits per heavy atom. The Morgan fingerprint density at radius 2 is 2.27 bits per heavy atom. The minimum Gasteiger partial charge on any atom is -0.374 e. The fraction of sp³-hybridized carbons (Fsp3) is 0.389. The molecule has 1 fully saturated rings. The highest BCUT2D eigenvalue weighted by Crippen LogP contribution is 2.25. The van der Waals surface area contributed by atoms with E-state index in [9.17, 15) is 4.79 Å². The van der Waals surface area contributed by atoms with Crippen LogP contribution in [-0.2, 0) is 11.8 Å². The van der Waals surface area contributed by atoms with Crippen molar-refractivity contribution in [3.63, 3.8) is 0 Å². The average molecular weight is 371 g/mol. The molecule has 8 heteroatoms. The summed E-state index contributed by atoms with van der Waals surface area (Å²) in [6, 6.07) is 9.77. The van der Waals surface area contributed by atoms with Crippen molar-refractivity contribution in [1.29, 1.82) is 0 Å². The largest absolute Gasteiger partial charge is 0.374 e. The van der Waals surface area contributed by atoms with Gasteiger partial charge >= 0.3 is 0 Å². The van der Waals surface area contributed by atoms with E-state index in [-0.39, 0.29) is 11.7 Å². The zero-order chi connectivity index (χ0) is 17.9. The van der Waals surface area contributed by atoms with Gasteiger partial charge in [0.2, 0.25) is 0 Å². The third-order valence-electron chi connectivity index (χ3n) is 4.49. The smallest absolute Gasteiger partial charge is 0.268 e. The van der Waals surface area contributed by atoms with Crippen molar-refractivity contribution < 1.29 is 4.74 Å². The third kappa shape index (κ3) is 3.71. The van der Waals surface area contributed by atoms with Gasteiger partial charge in [0, 0.05) is 32.7 Å². The molecule has 1 aromatic carbocycles. The molecule has 2 aromatic heterocycles. The molecule has 1 N–H and O–H groups in total. The zero-order valence-corrected chi connectivity index (χ0v) is 15.4. The average Bonchev–Trinajstić information content (AvgIpc) is 3.07. The highest BCUT2D eigenvalue weighted by Gasteiger charge is 2.21. The number of aromatic nitrogens is 3. The molecule has 26 heavy (non-hydrogen) atoms. The van der Waals surface area contributed by atoms with Crippen LogP contribution in [0.5, 0.6) is 0 Å². The van der Waals surface area contributed by atoms with Gasteiger partial charge in [-0.2, -0.15) is 5.10 Å². The van der Waals surface area contributed by atoms with Crippen LogP contribution in [0.1, 0.15) is 6.42 Å². The van der Waals surface area contributed by atoms with Crippen LogP contribution in [0.4, 0.5) is 10.8 Å². The van der Waals surface area contributed by atoms with Crippen LogP contribution in [0.15, 0.2) is 41.3 Å². The number of benzene rings is 1. The van der Waals surface area contributed by atoms with E-state index in [2.05, 4.69) is 26.4 Å². The Labute approximate surface area is 155 Å². The number of fused-ring (bicyclic) bond motifs is 1. The van der Waals surface area contributed by atoms with Crippen molar-refractivity contribution in [2.45, 2.75) is 12.5 Å². The number of morpholine rings is 1. The lowest BCUT2D eigenvalue weighted by Gasteiger charge is -2.34. The lowest BCUT2D eigenvalue weighted by Crippen LogP contribution is -2.43. The summed E-state index contributed by atoms with van der Waals surface area (Å²) in [5.74, 6) is 0. The molecule has 7 nitrogen and oxygen atoms in total. The Morgan fingerprint density at radius 1 is 1.38 bits per heavy atom. The quantitative estimate of drug-likeness (QED) is 0.741. The van der Waals surface area contributed by atoms with Gasteiger partial charge in [-0.05, 0) is 18.6 Å². The lowest BCUT2D eigenvalue weighted by molar-refractivity contribution is 0.0375. The Balaban J connectivity index is 1.33.